The lowest BCUT2D eigenvalue weighted by molar-refractivity contribution is 0.189. The monoisotopic (exact) mass is 260 g/mol. The number of rotatable bonds is 3. The van der Waals surface area contributed by atoms with Gasteiger partial charge in [-0.15, -0.1) is 0 Å². The Morgan fingerprint density at radius 3 is 2.76 bits per heavy atom. The molecule has 0 aromatic carbocycles. The summed E-state index contributed by atoms with van der Waals surface area (Å²) in [6, 6.07) is 0.246. The van der Waals surface area contributed by atoms with Gasteiger partial charge in [-0.3, -0.25) is 0 Å². The van der Waals surface area contributed by atoms with Crippen LogP contribution in [-0.4, -0.2) is 57.5 Å². The minimum Gasteiger partial charge on any atom is -0.316 e. The summed E-state index contributed by atoms with van der Waals surface area (Å²) in [4.78, 5) is 2.27. The fraction of sp³-hybridized carbons (Fsp3) is 1.00. The molecule has 4 nitrogen and oxygen atoms in total. The van der Waals surface area contributed by atoms with Crippen molar-refractivity contribution in [1.82, 2.24) is 10.2 Å². The molecule has 0 aromatic heterocycles. The number of hydrogen-bond acceptors (Lipinski definition) is 4. The lowest BCUT2D eigenvalue weighted by Crippen LogP contribution is -2.45. The van der Waals surface area contributed by atoms with Crippen molar-refractivity contribution in [2.24, 2.45) is 5.92 Å². The highest BCUT2D eigenvalue weighted by Gasteiger charge is 2.28. The molecule has 2 aliphatic rings. The van der Waals surface area contributed by atoms with Crippen molar-refractivity contribution in [2.75, 3.05) is 38.2 Å². The smallest absolute Gasteiger partial charge is 0.151 e. The summed E-state index contributed by atoms with van der Waals surface area (Å²) in [5.74, 6) is 1.45. The SMILES string of the molecule is CN(CC1CCCNC1)C1CCCS(=O)(=O)C1. The van der Waals surface area contributed by atoms with Gasteiger partial charge in [0.25, 0.3) is 0 Å². The van der Waals surface area contributed by atoms with E-state index in [1.807, 2.05) is 0 Å². The van der Waals surface area contributed by atoms with Gasteiger partial charge in [0, 0.05) is 12.6 Å². The molecule has 1 N–H and O–H groups in total. The van der Waals surface area contributed by atoms with Gasteiger partial charge in [-0.05, 0) is 51.7 Å². The number of hydrogen-bond donors (Lipinski definition) is 1. The third-order valence-corrected chi connectivity index (χ3v) is 5.81. The molecular weight excluding hydrogens is 236 g/mol. The molecule has 2 unspecified atom stereocenters. The lowest BCUT2D eigenvalue weighted by atomic mass is 9.98. The molecule has 0 saturated carbocycles. The number of nitrogens with zero attached hydrogens (tertiary/aromatic N) is 1. The highest BCUT2D eigenvalue weighted by Crippen LogP contribution is 2.19. The second kappa shape index (κ2) is 5.67. The molecular formula is C12H24N2O2S. The summed E-state index contributed by atoms with van der Waals surface area (Å²) in [6.45, 7) is 3.26. The van der Waals surface area contributed by atoms with E-state index in [1.165, 1.54) is 12.8 Å². The first-order chi connectivity index (χ1) is 8.07. The molecule has 100 valence electrons. The van der Waals surface area contributed by atoms with Gasteiger partial charge in [-0.1, -0.05) is 0 Å². The van der Waals surface area contributed by atoms with Crippen LogP contribution in [0.3, 0.4) is 0 Å². The largest absolute Gasteiger partial charge is 0.316 e. The molecule has 2 heterocycles. The molecule has 2 fully saturated rings. The Morgan fingerprint density at radius 1 is 1.29 bits per heavy atom. The molecule has 0 spiro atoms. The Morgan fingerprint density at radius 2 is 2.12 bits per heavy atom. The zero-order valence-electron chi connectivity index (χ0n) is 10.7. The molecule has 5 heteroatoms. The van der Waals surface area contributed by atoms with Crippen LogP contribution in [0.15, 0.2) is 0 Å². The predicted octanol–water partition coefficient (Wildman–Crippen LogP) is 0.495. The van der Waals surface area contributed by atoms with E-state index in [0.29, 0.717) is 17.4 Å². The Hall–Kier alpha value is -0.130. The highest BCUT2D eigenvalue weighted by atomic mass is 32.2. The first-order valence-corrected chi connectivity index (χ1v) is 8.50. The van der Waals surface area contributed by atoms with Crippen molar-refractivity contribution in [3.8, 4) is 0 Å². The van der Waals surface area contributed by atoms with Gasteiger partial charge in [-0.2, -0.15) is 0 Å². The first-order valence-electron chi connectivity index (χ1n) is 6.68. The Balaban J connectivity index is 1.84. The van der Waals surface area contributed by atoms with Crippen LogP contribution in [0.1, 0.15) is 25.7 Å². The van der Waals surface area contributed by atoms with Crippen LogP contribution in [0, 0.1) is 5.92 Å². The fourth-order valence-electron chi connectivity index (χ4n) is 2.98. The Labute approximate surface area is 105 Å². The van der Waals surface area contributed by atoms with E-state index in [2.05, 4.69) is 17.3 Å². The van der Waals surface area contributed by atoms with Gasteiger partial charge in [0.2, 0.25) is 0 Å². The fourth-order valence-corrected chi connectivity index (χ4v) is 4.76. The van der Waals surface area contributed by atoms with Crippen molar-refractivity contribution in [2.45, 2.75) is 31.7 Å². The van der Waals surface area contributed by atoms with Crippen LogP contribution in [0.4, 0.5) is 0 Å². The number of piperidine rings is 1. The summed E-state index contributed by atoms with van der Waals surface area (Å²) in [7, 11) is -0.692. The summed E-state index contributed by atoms with van der Waals surface area (Å²) in [5.41, 5.74) is 0. The molecule has 2 aliphatic heterocycles. The second-order valence-corrected chi connectivity index (χ2v) is 7.79. The van der Waals surface area contributed by atoms with Crippen molar-refractivity contribution in [1.29, 1.82) is 0 Å². The normalized spacial score (nSPS) is 33.8. The molecule has 0 aromatic rings. The second-order valence-electron chi connectivity index (χ2n) is 5.56. The van der Waals surface area contributed by atoms with Gasteiger partial charge < -0.3 is 10.2 Å². The van der Waals surface area contributed by atoms with Gasteiger partial charge in [0.1, 0.15) is 0 Å². The van der Waals surface area contributed by atoms with Crippen LogP contribution in [0.5, 0.6) is 0 Å². The highest BCUT2D eigenvalue weighted by molar-refractivity contribution is 7.91. The van der Waals surface area contributed by atoms with Crippen molar-refractivity contribution in [3.05, 3.63) is 0 Å². The average molecular weight is 260 g/mol. The molecule has 17 heavy (non-hydrogen) atoms. The van der Waals surface area contributed by atoms with Crippen LogP contribution in [0.2, 0.25) is 0 Å². The summed E-state index contributed by atoms with van der Waals surface area (Å²) in [6.07, 6.45) is 4.40. The Bertz CT molecular complexity index is 336. The molecule has 2 atom stereocenters. The molecule has 2 rings (SSSR count). The summed E-state index contributed by atoms with van der Waals surface area (Å²) in [5, 5.41) is 3.41. The molecule has 2 saturated heterocycles. The molecule has 0 amide bonds. The molecule has 0 radical (unpaired) electrons. The third-order valence-electron chi connectivity index (χ3n) is 4.01. The summed E-state index contributed by atoms with van der Waals surface area (Å²) >= 11 is 0. The standard InChI is InChI=1S/C12H24N2O2S/c1-14(9-11-4-2-6-13-8-11)12-5-3-7-17(15,16)10-12/h11-13H,2-10H2,1H3. The van der Waals surface area contributed by atoms with E-state index >= 15 is 0 Å². The third kappa shape index (κ3) is 3.93. The minimum absolute atomic E-state index is 0.246. The maximum Gasteiger partial charge on any atom is 0.151 e. The van der Waals surface area contributed by atoms with E-state index in [0.717, 1.165) is 32.5 Å². The van der Waals surface area contributed by atoms with Gasteiger partial charge in [0.05, 0.1) is 11.5 Å². The van der Waals surface area contributed by atoms with Crippen molar-refractivity contribution < 1.29 is 8.42 Å². The predicted molar refractivity (Wildman–Crippen MR) is 69.9 cm³/mol. The molecule has 0 bridgehead atoms. The van der Waals surface area contributed by atoms with E-state index in [-0.39, 0.29) is 6.04 Å². The van der Waals surface area contributed by atoms with Crippen LogP contribution in [-0.2, 0) is 9.84 Å². The van der Waals surface area contributed by atoms with Gasteiger partial charge in [0.15, 0.2) is 9.84 Å². The lowest BCUT2D eigenvalue weighted by Gasteiger charge is -2.34. The topological polar surface area (TPSA) is 49.4 Å². The van der Waals surface area contributed by atoms with Crippen LogP contribution < -0.4 is 5.32 Å². The van der Waals surface area contributed by atoms with E-state index in [1.54, 1.807) is 0 Å². The average Bonchev–Trinajstić information content (AvgIpc) is 2.29. The van der Waals surface area contributed by atoms with Gasteiger partial charge >= 0.3 is 0 Å². The maximum absolute atomic E-state index is 11.6. The molecule has 0 aliphatic carbocycles. The van der Waals surface area contributed by atoms with Gasteiger partial charge in [-0.25, -0.2) is 8.42 Å². The van der Waals surface area contributed by atoms with Crippen molar-refractivity contribution in [3.63, 3.8) is 0 Å². The summed E-state index contributed by atoms with van der Waals surface area (Å²) < 4.78 is 23.2. The van der Waals surface area contributed by atoms with Crippen LogP contribution >= 0.6 is 0 Å². The van der Waals surface area contributed by atoms with Crippen molar-refractivity contribution >= 4 is 9.84 Å². The van der Waals surface area contributed by atoms with E-state index in [9.17, 15) is 8.42 Å². The minimum atomic E-state index is -2.78. The zero-order valence-corrected chi connectivity index (χ0v) is 11.5. The maximum atomic E-state index is 11.6. The quantitative estimate of drug-likeness (QED) is 0.802. The van der Waals surface area contributed by atoms with E-state index in [4.69, 9.17) is 0 Å². The zero-order chi connectivity index (χ0) is 12.3. The number of sulfone groups is 1. The van der Waals surface area contributed by atoms with E-state index < -0.39 is 9.84 Å². The van der Waals surface area contributed by atoms with Crippen LogP contribution in [0.25, 0.3) is 0 Å². The first kappa shape index (κ1) is 13.3. The Kier molecular flexibility index (Phi) is 4.44. The number of nitrogens with one attached hydrogen (secondary N) is 1.